The molecule has 0 saturated heterocycles. The minimum Gasteiger partial charge on any atom is -0.491 e. The number of pyridine rings is 1. The lowest BCUT2D eigenvalue weighted by molar-refractivity contribution is -0.138. The first-order chi connectivity index (χ1) is 21.8. The number of carboxylic acids is 2. The van der Waals surface area contributed by atoms with Gasteiger partial charge in [-0.05, 0) is 56.2 Å². The molecule has 1 aliphatic heterocycles. The molecule has 2 aromatic rings. The van der Waals surface area contributed by atoms with Crippen molar-refractivity contribution in [3.8, 4) is 17.2 Å². The highest BCUT2D eigenvalue weighted by atomic mass is 16.5. The van der Waals surface area contributed by atoms with Crippen LogP contribution in [0.1, 0.15) is 104 Å². The Hall–Kier alpha value is -4.68. The first-order valence-electron chi connectivity index (χ1n) is 15.4. The average molecular weight is 641 g/mol. The SMILES string of the molecule is CCOc1cc2c(nc1C(=O)NC)C(=N)N(CC(=O)c1cc(OCCCCC(=O)O)c(OCCCCC(=O)O)c(C(C)(C)C)c1)C2. The highest BCUT2D eigenvalue weighted by Gasteiger charge is 2.32. The van der Waals surface area contributed by atoms with E-state index in [1.165, 1.54) is 7.05 Å². The summed E-state index contributed by atoms with van der Waals surface area (Å²) in [6.07, 6.45) is 1.89. The number of carbonyl (C=O) groups excluding carboxylic acids is 2. The number of carboxylic acid groups (broad SMARTS) is 2. The number of ketones is 1. The second kappa shape index (κ2) is 16.1. The molecule has 0 radical (unpaired) electrons. The number of nitrogens with one attached hydrogen (secondary N) is 2. The van der Waals surface area contributed by atoms with E-state index in [4.69, 9.17) is 29.8 Å². The first-order valence-corrected chi connectivity index (χ1v) is 15.4. The first kappa shape index (κ1) is 35.8. The molecule has 3 rings (SSSR count). The largest absolute Gasteiger partial charge is 0.491 e. The van der Waals surface area contributed by atoms with Gasteiger partial charge in [-0.2, -0.15) is 0 Å². The molecule has 1 aliphatic rings. The van der Waals surface area contributed by atoms with Gasteiger partial charge in [0.2, 0.25) is 0 Å². The average Bonchev–Trinajstić information content (AvgIpc) is 3.28. The maximum atomic E-state index is 13.8. The molecule has 13 heteroatoms. The number of Topliss-reactive ketones (excluding diaryl/α,β-unsaturated/α-hetero) is 1. The zero-order chi connectivity index (χ0) is 34.0. The molecule has 1 aromatic heterocycles. The number of nitrogens with zero attached hydrogens (tertiary/aromatic N) is 2. The Kier molecular flexibility index (Phi) is 12.5. The van der Waals surface area contributed by atoms with Crippen LogP contribution < -0.4 is 19.5 Å². The van der Waals surface area contributed by atoms with E-state index in [0.29, 0.717) is 66.4 Å². The van der Waals surface area contributed by atoms with Crippen LogP contribution in [-0.2, 0) is 21.5 Å². The van der Waals surface area contributed by atoms with Gasteiger partial charge in [0.15, 0.2) is 28.7 Å². The van der Waals surface area contributed by atoms with Crippen LogP contribution in [0, 0.1) is 5.41 Å². The molecule has 0 bridgehead atoms. The number of ether oxygens (including phenoxy) is 3. The number of benzene rings is 1. The summed E-state index contributed by atoms with van der Waals surface area (Å²) in [6.45, 7) is 8.60. The molecule has 4 N–H and O–H groups in total. The van der Waals surface area contributed by atoms with E-state index >= 15 is 0 Å². The van der Waals surface area contributed by atoms with E-state index in [0.717, 1.165) is 5.56 Å². The van der Waals surface area contributed by atoms with Crippen molar-refractivity contribution in [1.29, 1.82) is 5.41 Å². The number of aromatic nitrogens is 1. The number of amides is 1. The molecule has 0 unspecified atom stereocenters. The molecular formula is C33H44N4O9. The summed E-state index contributed by atoms with van der Waals surface area (Å²) in [6, 6.07) is 5.05. The van der Waals surface area contributed by atoms with Gasteiger partial charge in [0.05, 0.1) is 26.4 Å². The number of amidine groups is 1. The molecule has 250 valence electrons. The van der Waals surface area contributed by atoms with Crippen LogP contribution in [0.4, 0.5) is 0 Å². The third-order valence-corrected chi connectivity index (χ3v) is 7.30. The summed E-state index contributed by atoms with van der Waals surface area (Å²) < 4.78 is 17.9. The van der Waals surface area contributed by atoms with Gasteiger partial charge in [0, 0.05) is 43.1 Å². The van der Waals surface area contributed by atoms with Gasteiger partial charge in [-0.25, -0.2) is 4.98 Å². The lowest BCUT2D eigenvalue weighted by Gasteiger charge is -2.26. The van der Waals surface area contributed by atoms with Gasteiger partial charge in [-0.1, -0.05) is 20.8 Å². The molecule has 2 heterocycles. The summed E-state index contributed by atoms with van der Waals surface area (Å²) in [5.41, 5.74) is 1.64. The molecule has 13 nitrogen and oxygen atoms in total. The maximum Gasteiger partial charge on any atom is 0.303 e. The Morgan fingerprint density at radius 2 is 1.57 bits per heavy atom. The third kappa shape index (κ3) is 9.41. The summed E-state index contributed by atoms with van der Waals surface area (Å²) >= 11 is 0. The normalized spacial score (nSPS) is 12.5. The standard InChI is InChI=1S/C33H44N4O9/c1-6-44-24-17-21-18-37(31(34)28(21)36-29(24)32(43)35-5)19-23(38)20-15-22(33(2,3)4)30(46-14-10-8-12-27(41)42)25(16-20)45-13-9-7-11-26(39)40/h15-17,34H,6-14,18-19H2,1-5H3,(H,35,43)(H,39,40)(H,41,42). The minimum atomic E-state index is -0.892. The van der Waals surface area contributed by atoms with E-state index in [1.54, 1.807) is 30.0 Å². The summed E-state index contributed by atoms with van der Waals surface area (Å²) in [5.74, 6) is -1.38. The zero-order valence-electron chi connectivity index (χ0n) is 27.2. The van der Waals surface area contributed by atoms with Crippen LogP contribution in [-0.4, -0.2) is 83.0 Å². The fourth-order valence-corrected chi connectivity index (χ4v) is 4.93. The molecule has 1 aromatic carbocycles. The van der Waals surface area contributed by atoms with Crippen LogP contribution in [0.3, 0.4) is 0 Å². The van der Waals surface area contributed by atoms with E-state index in [1.807, 2.05) is 20.8 Å². The summed E-state index contributed by atoms with van der Waals surface area (Å²) in [5, 5.41) is 29.2. The Balaban J connectivity index is 1.89. The highest BCUT2D eigenvalue weighted by molar-refractivity contribution is 6.05. The van der Waals surface area contributed by atoms with Crippen LogP contribution in [0.5, 0.6) is 17.2 Å². The predicted molar refractivity (Wildman–Crippen MR) is 169 cm³/mol. The number of carbonyl (C=O) groups is 4. The smallest absolute Gasteiger partial charge is 0.303 e. The second-order valence-corrected chi connectivity index (χ2v) is 12.0. The Morgan fingerprint density at radius 3 is 2.13 bits per heavy atom. The van der Waals surface area contributed by atoms with E-state index in [9.17, 15) is 19.2 Å². The molecule has 0 saturated carbocycles. The van der Waals surface area contributed by atoms with Gasteiger partial charge in [0.1, 0.15) is 11.5 Å². The van der Waals surface area contributed by atoms with Crippen molar-refractivity contribution in [2.75, 3.05) is 33.4 Å². The summed E-state index contributed by atoms with van der Waals surface area (Å²) in [7, 11) is 1.49. The van der Waals surface area contributed by atoms with Crippen LogP contribution in [0.25, 0.3) is 0 Å². The molecule has 0 fully saturated rings. The van der Waals surface area contributed by atoms with E-state index in [-0.39, 0.29) is 56.5 Å². The minimum absolute atomic E-state index is 0.0117. The molecular weight excluding hydrogens is 596 g/mol. The number of rotatable bonds is 18. The van der Waals surface area contributed by atoms with Gasteiger partial charge in [-0.3, -0.25) is 24.6 Å². The molecule has 0 spiro atoms. The maximum absolute atomic E-state index is 13.8. The van der Waals surface area contributed by atoms with Crippen LogP contribution >= 0.6 is 0 Å². The second-order valence-electron chi connectivity index (χ2n) is 12.0. The fourth-order valence-electron chi connectivity index (χ4n) is 4.93. The van der Waals surface area contributed by atoms with Crippen molar-refractivity contribution in [1.82, 2.24) is 15.2 Å². The van der Waals surface area contributed by atoms with E-state index < -0.39 is 23.3 Å². The van der Waals surface area contributed by atoms with Gasteiger partial charge in [0.25, 0.3) is 5.91 Å². The van der Waals surface area contributed by atoms with Gasteiger partial charge in [-0.15, -0.1) is 0 Å². The topological polar surface area (TPSA) is 188 Å². The van der Waals surface area contributed by atoms with Crippen molar-refractivity contribution in [2.45, 2.75) is 78.2 Å². The van der Waals surface area contributed by atoms with Crippen molar-refractivity contribution in [2.24, 2.45) is 0 Å². The molecule has 0 aliphatic carbocycles. The molecule has 1 amide bonds. The number of fused-ring (bicyclic) bond motifs is 1. The molecule has 0 atom stereocenters. The van der Waals surface area contributed by atoms with Crippen LogP contribution in [0.2, 0.25) is 0 Å². The Labute approximate surface area is 268 Å². The van der Waals surface area contributed by atoms with Crippen molar-refractivity contribution >= 4 is 29.5 Å². The van der Waals surface area contributed by atoms with Crippen LogP contribution in [0.15, 0.2) is 18.2 Å². The Bertz CT molecular complexity index is 1470. The number of unbranched alkanes of at least 4 members (excludes halogenated alkanes) is 2. The fraction of sp³-hybridized carbons (Fsp3) is 0.515. The lowest BCUT2D eigenvalue weighted by Crippen LogP contribution is -2.31. The summed E-state index contributed by atoms with van der Waals surface area (Å²) in [4.78, 5) is 54.1. The number of hydrogen-bond donors (Lipinski definition) is 4. The van der Waals surface area contributed by atoms with Gasteiger partial charge < -0.3 is 34.6 Å². The van der Waals surface area contributed by atoms with Crippen molar-refractivity contribution in [3.63, 3.8) is 0 Å². The van der Waals surface area contributed by atoms with E-state index in [2.05, 4.69) is 10.3 Å². The quantitative estimate of drug-likeness (QED) is 0.133. The number of hydrogen-bond acceptors (Lipinski definition) is 9. The Morgan fingerprint density at radius 1 is 0.935 bits per heavy atom. The molecule has 46 heavy (non-hydrogen) atoms. The van der Waals surface area contributed by atoms with Crippen molar-refractivity contribution < 1.29 is 43.6 Å². The van der Waals surface area contributed by atoms with Gasteiger partial charge >= 0.3 is 11.9 Å². The van der Waals surface area contributed by atoms with Crippen molar-refractivity contribution in [3.05, 3.63) is 46.3 Å². The lowest BCUT2D eigenvalue weighted by atomic mass is 9.84. The number of aliphatic carboxylic acids is 2. The predicted octanol–water partition coefficient (Wildman–Crippen LogP) is 4.43. The zero-order valence-corrected chi connectivity index (χ0v) is 27.2. The third-order valence-electron chi connectivity index (χ3n) is 7.30. The monoisotopic (exact) mass is 640 g/mol. The highest BCUT2D eigenvalue weighted by Crippen LogP contribution is 2.41.